The fourth-order valence-corrected chi connectivity index (χ4v) is 2.41. The summed E-state index contributed by atoms with van der Waals surface area (Å²) < 4.78 is 0. The van der Waals surface area contributed by atoms with Gasteiger partial charge < -0.3 is 5.11 Å². The van der Waals surface area contributed by atoms with Crippen LogP contribution in [0, 0.1) is 6.92 Å². The Morgan fingerprint density at radius 1 is 1.38 bits per heavy atom. The number of hydrogen-bond acceptors (Lipinski definition) is 4. The second-order valence-corrected chi connectivity index (χ2v) is 4.98. The lowest BCUT2D eigenvalue weighted by Crippen LogP contribution is -2.00. The largest absolute Gasteiger partial charge is 0.396 e. The van der Waals surface area contributed by atoms with E-state index in [1.165, 1.54) is 0 Å². The van der Waals surface area contributed by atoms with Gasteiger partial charge in [-0.05, 0) is 19.8 Å². The van der Waals surface area contributed by atoms with Crippen LogP contribution < -0.4 is 0 Å². The van der Waals surface area contributed by atoms with Gasteiger partial charge in [-0.2, -0.15) is 0 Å². The zero-order valence-electron chi connectivity index (χ0n) is 9.66. The van der Waals surface area contributed by atoms with Crippen LogP contribution in [0.25, 0.3) is 0 Å². The summed E-state index contributed by atoms with van der Waals surface area (Å²) in [4.78, 5) is 8.72. The van der Waals surface area contributed by atoms with E-state index in [2.05, 4.69) is 16.9 Å². The highest BCUT2D eigenvalue weighted by Gasteiger charge is 2.09. The molecule has 1 N–H and O–H groups in total. The Balaban J connectivity index is 2.79. The van der Waals surface area contributed by atoms with Gasteiger partial charge in [0.25, 0.3) is 0 Å². The molecule has 16 heavy (non-hydrogen) atoms. The van der Waals surface area contributed by atoms with Gasteiger partial charge in [0.2, 0.25) is 0 Å². The molecule has 0 atom stereocenters. The number of thioether (sulfide) groups is 1. The Labute approximate surface area is 106 Å². The number of aromatic nitrogens is 2. The summed E-state index contributed by atoms with van der Waals surface area (Å²) in [6.07, 6.45) is 2.64. The number of aliphatic hydroxyl groups is 1. The van der Waals surface area contributed by atoms with Crippen molar-refractivity contribution in [1.29, 1.82) is 0 Å². The van der Waals surface area contributed by atoms with Crippen LogP contribution in [0.4, 0.5) is 0 Å². The normalized spacial score (nSPS) is 10.8. The predicted octanol–water partition coefficient (Wildman–Crippen LogP) is 2.87. The molecule has 0 aromatic carbocycles. The van der Waals surface area contributed by atoms with E-state index in [9.17, 15) is 0 Å². The fourth-order valence-electron chi connectivity index (χ4n) is 1.22. The maximum absolute atomic E-state index is 8.73. The zero-order chi connectivity index (χ0) is 12.0. The third-order valence-electron chi connectivity index (χ3n) is 2.10. The summed E-state index contributed by atoms with van der Waals surface area (Å²) in [5, 5.41) is 10.2. The molecule has 0 aliphatic carbocycles. The topological polar surface area (TPSA) is 46.0 Å². The van der Waals surface area contributed by atoms with Crippen molar-refractivity contribution < 1.29 is 5.11 Å². The molecule has 1 rings (SSSR count). The highest BCUT2D eigenvalue weighted by atomic mass is 35.5. The van der Waals surface area contributed by atoms with E-state index in [-0.39, 0.29) is 6.61 Å². The first kappa shape index (κ1) is 13.7. The lowest BCUT2D eigenvalue weighted by molar-refractivity contribution is 0.296. The Morgan fingerprint density at radius 3 is 2.75 bits per heavy atom. The molecule has 0 radical (unpaired) electrons. The van der Waals surface area contributed by atoms with E-state index >= 15 is 0 Å². The van der Waals surface area contributed by atoms with E-state index in [0.29, 0.717) is 5.15 Å². The van der Waals surface area contributed by atoms with Crippen molar-refractivity contribution in [2.45, 2.75) is 38.1 Å². The van der Waals surface area contributed by atoms with Crippen molar-refractivity contribution in [2.24, 2.45) is 0 Å². The molecule has 0 unspecified atom stereocenters. The molecule has 3 nitrogen and oxygen atoms in total. The minimum Gasteiger partial charge on any atom is -0.396 e. The smallest absolute Gasteiger partial charge is 0.136 e. The molecular weight excluding hydrogens is 244 g/mol. The van der Waals surface area contributed by atoms with Gasteiger partial charge in [0, 0.05) is 24.3 Å². The van der Waals surface area contributed by atoms with E-state index in [1.807, 2.05) is 6.92 Å². The molecule has 1 heterocycles. The number of nitrogens with zero attached hydrogens (tertiary/aromatic N) is 2. The van der Waals surface area contributed by atoms with Crippen molar-refractivity contribution in [3.05, 3.63) is 16.5 Å². The molecule has 0 fully saturated rings. The molecule has 90 valence electrons. The minimum atomic E-state index is 0.215. The van der Waals surface area contributed by atoms with Crippen molar-refractivity contribution in [3.63, 3.8) is 0 Å². The first-order valence-electron chi connectivity index (χ1n) is 5.45. The fraction of sp³-hybridized carbons (Fsp3) is 0.636. The monoisotopic (exact) mass is 260 g/mol. The van der Waals surface area contributed by atoms with Gasteiger partial charge in [-0.3, -0.25) is 0 Å². The van der Waals surface area contributed by atoms with Gasteiger partial charge >= 0.3 is 0 Å². The average Bonchev–Trinajstić information content (AvgIpc) is 2.25. The molecular formula is C11H17ClN2OS. The summed E-state index contributed by atoms with van der Waals surface area (Å²) in [5.41, 5.74) is 0.935. The van der Waals surface area contributed by atoms with Gasteiger partial charge in [-0.25, -0.2) is 9.97 Å². The molecule has 0 bridgehead atoms. The first-order valence-corrected chi connectivity index (χ1v) is 6.82. The predicted molar refractivity (Wildman–Crippen MR) is 68.2 cm³/mol. The van der Waals surface area contributed by atoms with Crippen molar-refractivity contribution in [2.75, 3.05) is 12.4 Å². The molecule has 0 aliphatic rings. The number of halogens is 1. The summed E-state index contributed by atoms with van der Waals surface area (Å²) in [6.45, 7) is 4.24. The number of aryl methyl sites for hydroxylation is 1. The highest BCUT2D eigenvalue weighted by molar-refractivity contribution is 7.99. The van der Waals surface area contributed by atoms with Crippen molar-refractivity contribution in [1.82, 2.24) is 9.97 Å². The van der Waals surface area contributed by atoms with E-state index in [4.69, 9.17) is 16.7 Å². The Morgan fingerprint density at radius 2 is 2.12 bits per heavy atom. The standard InChI is InChI=1S/C11H17ClN2OS/c1-3-5-9-13-10(12)8(2)11(14-9)16-7-4-6-15/h15H,3-7H2,1-2H3. The second kappa shape index (κ2) is 7.09. The van der Waals surface area contributed by atoms with Crippen LogP contribution in [0.5, 0.6) is 0 Å². The summed E-state index contributed by atoms with van der Waals surface area (Å²) in [6, 6.07) is 0. The zero-order valence-corrected chi connectivity index (χ0v) is 11.2. The molecule has 5 heteroatoms. The van der Waals surface area contributed by atoms with Crippen LogP contribution in [0.2, 0.25) is 5.15 Å². The van der Waals surface area contributed by atoms with Gasteiger partial charge in [-0.15, -0.1) is 11.8 Å². The molecule has 0 saturated heterocycles. The summed E-state index contributed by atoms with van der Waals surface area (Å²) in [7, 11) is 0. The van der Waals surface area contributed by atoms with Gasteiger partial charge in [0.15, 0.2) is 0 Å². The maximum atomic E-state index is 8.73. The minimum absolute atomic E-state index is 0.215. The van der Waals surface area contributed by atoms with Gasteiger partial charge in [0.1, 0.15) is 16.0 Å². The van der Waals surface area contributed by atoms with Crippen molar-refractivity contribution >= 4 is 23.4 Å². The molecule has 1 aromatic heterocycles. The van der Waals surface area contributed by atoms with Crippen LogP contribution in [0.15, 0.2) is 5.03 Å². The molecule has 0 spiro atoms. The molecule has 0 amide bonds. The average molecular weight is 261 g/mol. The van der Waals surface area contributed by atoms with E-state index in [0.717, 1.165) is 41.4 Å². The van der Waals surface area contributed by atoms with Crippen LogP contribution in [-0.2, 0) is 6.42 Å². The van der Waals surface area contributed by atoms with Gasteiger partial charge in [0.05, 0.1) is 0 Å². The quantitative estimate of drug-likeness (QED) is 0.485. The molecule has 0 saturated carbocycles. The van der Waals surface area contributed by atoms with Crippen LogP contribution in [-0.4, -0.2) is 27.4 Å². The SMILES string of the molecule is CCCc1nc(Cl)c(C)c(SCCCO)n1. The Bertz CT molecular complexity index is 347. The lowest BCUT2D eigenvalue weighted by atomic mass is 10.3. The third-order valence-corrected chi connectivity index (χ3v) is 3.63. The molecule has 1 aromatic rings. The van der Waals surface area contributed by atoms with Gasteiger partial charge in [-0.1, -0.05) is 18.5 Å². The van der Waals surface area contributed by atoms with Crippen LogP contribution in [0.1, 0.15) is 31.2 Å². The van der Waals surface area contributed by atoms with Crippen LogP contribution >= 0.6 is 23.4 Å². The maximum Gasteiger partial charge on any atom is 0.136 e. The number of rotatable bonds is 6. The number of aliphatic hydroxyl groups excluding tert-OH is 1. The highest BCUT2D eigenvalue weighted by Crippen LogP contribution is 2.25. The third kappa shape index (κ3) is 3.92. The molecule has 0 aliphatic heterocycles. The summed E-state index contributed by atoms with van der Waals surface area (Å²) in [5.74, 6) is 1.67. The van der Waals surface area contributed by atoms with E-state index < -0.39 is 0 Å². The summed E-state index contributed by atoms with van der Waals surface area (Å²) >= 11 is 7.68. The van der Waals surface area contributed by atoms with Crippen LogP contribution in [0.3, 0.4) is 0 Å². The van der Waals surface area contributed by atoms with Crippen molar-refractivity contribution in [3.8, 4) is 0 Å². The Kier molecular flexibility index (Phi) is 6.09. The first-order chi connectivity index (χ1) is 7.69. The Hall–Kier alpha value is -0.320. The number of hydrogen-bond donors (Lipinski definition) is 1. The lowest BCUT2D eigenvalue weighted by Gasteiger charge is -2.07. The van der Waals surface area contributed by atoms with E-state index in [1.54, 1.807) is 11.8 Å². The second-order valence-electron chi connectivity index (χ2n) is 3.54.